The molecule has 0 spiro atoms. The van der Waals surface area contributed by atoms with Crippen LogP contribution in [-0.2, 0) is 32.3 Å². The molecule has 2 N–H and O–H groups in total. The van der Waals surface area contributed by atoms with Crippen molar-refractivity contribution in [3.63, 3.8) is 0 Å². The number of imide groups is 1. The number of hydrogen-bond donors (Lipinski definition) is 2. The molecule has 2 saturated heterocycles. The van der Waals surface area contributed by atoms with Gasteiger partial charge in [0.25, 0.3) is 11.8 Å². The van der Waals surface area contributed by atoms with Crippen LogP contribution in [-0.4, -0.2) is 64.1 Å². The number of nitrogens with one attached hydrogen (secondary N) is 2. The summed E-state index contributed by atoms with van der Waals surface area (Å²) in [4.78, 5) is 62.2. The van der Waals surface area contributed by atoms with E-state index in [1.165, 1.54) is 4.90 Å². The fourth-order valence-corrected chi connectivity index (χ4v) is 4.60. The first-order chi connectivity index (χ1) is 17.0. The number of nitrogens with zero attached hydrogens (tertiary/aromatic N) is 2. The molecule has 3 heterocycles. The van der Waals surface area contributed by atoms with E-state index in [0.717, 1.165) is 0 Å². The van der Waals surface area contributed by atoms with E-state index in [9.17, 15) is 37.1 Å². The predicted octanol–water partition coefficient (Wildman–Crippen LogP) is 1.01. The van der Waals surface area contributed by atoms with E-state index >= 15 is 0 Å². The number of halogens is 3. The van der Waals surface area contributed by atoms with Crippen LogP contribution < -0.4 is 10.6 Å². The second-order valence-electron chi connectivity index (χ2n) is 8.85. The maximum atomic E-state index is 12.8. The number of piperidine rings is 2. The number of fused-ring (bicyclic) bond motifs is 1. The Hall–Kier alpha value is -3.88. The summed E-state index contributed by atoms with van der Waals surface area (Å²) < 4.78 is 38.5. The third-order valence-electron chi connectivity index (χ3n) is 6.40. The first-order valence-electron chi connectivity index (χ1n) is 11.5. The average molecular weight is 504 g/mol. The topological polar surface area (TPSA) is 116 Å². The van der Waals surface area contributed by atoms with Gasteiger partial charge in [0.15, 0.2) is 0 Å². The number of hydrogen-bond acceptors (Lipinski definition) is 5. The van der Waals surface area contributed by atoms with Gasteiger partial charge >= 0.3 is 12.1 Å². The third-order valence-corrected chi connectivity index (χ3v) is 6.40. The number of carbonyl (C=O) groups is 5. The highest BCUT2D eigenvalue weighted by Crippen LogP contribution is 2.28. The van der Waals surface area contributed by atoms with Gasteiger partial charge < -0.3 is 15.1 Å². The maximum Gasteiger partial charge on any atom is 0.471 e. The summed E-state index contributed by atoms with van der Waals surface area (Å²) in [6.07, 6.45) is -3.30. The van der Waals surface area contributed by atoms with Gasteiger partial charge in [-0.1, -0.05) is 18.1 Å². The van der Waals surface area contributed by atoms with E-state index in [2.05, 4.69) is 22.5 Å². The van der Waals surface area contributed by atoms with Crippen molar-refractivity contribution in [2.75, 3.05) is 6.54 Å². The van der Waals surface area contributed by atoms with Crippen molar-refractivity contribution in [2.45, 2.75) is 63.5 Å². The van der Waals surface area contributed by atoms with Crippen LogP contribution >= 0.6 is 0 Å². The fourth-order valence-electron chi connectivity index (χ4n) is 4.60. The monoisotopic (exact) mass is 504 g/mol. The van der Waals surface area contributed by atoms with E-state index in [1.807, 2.05) is 0 Å². The van der Waals surface area contributed by atoms with Crippen LogP contribution in [0.4, 0.5) is 13.2 Å². The highest BCUT2D eigenvalue weighted by atomic mass is 19.4. The third kappa shape index (κ3) is 5.35. The van der Waals surface area contributed by atoms with Crippen molar-refractivity contribution in [1.82, 2.24) is 20.4 Å². The molecular formula is C24H23F3N4O5. The van der Waals surface area contributed by atoms with Crippen molar-refractivity contribution < 1.29 is 37.1 Å². The molecule has 0 bridgehead atoms. The maximum absolute atomic E-state index is 12.8. The molecular weight excluding hydrogens is 481 g/mol. The molecule has 0 radical (unpaired) electrons. The number of amides is 5. The largest absolute Gasteiger partial charge is 0.471 e. The standard InChI is InChI=1S/C24H23F3N4O5/c25-24(26,27)23(36)30-10-2-1-3-16(30)5-8-19(32)28-12-14-4-6-17-15(11-14)13-31(22(17)35)18-7-9-20(33)29-21(18)34/h4,6,11,16,18H,1-3,7,9-10,12-13H2,(H,28,32)(H,29,33,34). The fraction of sp³-hybridized carbons (Fsp3) is 0.458. The van der Waals surface area contributed by atoms with E-state index < -0.39 is 36.0 Å². The molecule has 12 heteroatoms. The molecule has 9 nitrogen and oxygen atoms in total. The molecule has 2 fully saturated rings. The Morgan fingerprint density at radius 2 is 1.92 bits per heavy atom. The minimum Gasteiger partial charge on any atom is -0.341 e. The summed E-state index contributed by atoms with van der Waals surface area (Å²) in [5.41, 5.74) is 1.76. The zero-order valence-corrected chi connectivity index (χ0v) is 19.1. The second-order valence-corrected chi connectivity index (χ2v) is 8.85. The Morgan fingerprint density at radius 1 is 1.14 bits per heavy atom. The molecule has 2 unspecified atom stereocenters. The van der Waals surface area contributed by atoms with Crippen LogP contribution in [0.1, 0.15) is 53.6 Å². The van der Waals surface area contributed by atoms with Crippen LogP contribution in [0.3, 0.4) is 0 Å². The summed E-state index contributed by atoms with van der Waals surface area (Å²) in [7, 11) is 0. The van der Waals surface area contributed by atoms with Crippen LogP contribution in [0.15, 0.2) is 18.2 Å². The van der Waals surface area contributed by atoms with Crippen molar-refractivity contribution >= 4 is 29.5 Å². The van der Waals surface area contributed by atoms with E-state index in [1.54, 1.807) is 18.2 Å². The van der Waals surface area contributed by atoms with Crippen LogP contribution in [0.25, 0.3) is 0 Å². The molecule has 0 aliphatic carbocycles. The number of rotatable bonds is 3. The number of carbonyl (C=O) groups excluding carboxylic acids is 5. The van der Waals surface area contributed by atoms with Gasteiger partial charge in [-0.05, 0) is 48.8 Å². The zero-order chi connectivity index (χ0) is 26.0. The minimum atomic E-state index is -5.00. The lowest BCUT2D eigenvalue weighted by atomic mass is 10.0. The van der Waals surface area contributed by atoms with E-state index in [0.29, 0.717) is 34.4 Å². The van der Waals surface area contributed by atoms with Crippen molar-refractivity contribution in [3.05, 3.63) is 34.9 Å². The van der Waals surface area contributed by atoms with E-state index in [-0.39, 0.29) is 50.7 Å². The molecule has 3 aliphatic heterocycles. The molecule has 2 atom stereocenters. The summed E-state index contributed by atoms with van der Waals surface area (Å²) in [6, 6.07) is 3.24. The first kappa shape index (κ1) is 25.2. The molecule has 3 aliphatic rings. The quantitative estimate of drug-likeness (QED) is 0.471. The summed E-state index contributed by atoms with van der Waals surface area (Å²) in [6.45, 7) is 0.180. The number of benzene rings is 1. The molecule has 1 aromatic carbocycles. The zero-order valence-electron chi connectivity index (χ0n) is 19.1. The van der Waals surface area contributed by atoms with Gasteiger partial charge in [0.2, 0.25) is 11.8 Å². The molecule has 5 amide bonds. The molecule has 0 aromatic heterocycles. The van der Waals surface area contributed by atoms with Gasteiger partial charge in [0.05, 0.1) is 6.04 Å². The highest BCUT2D eigenvalue weighted by Gasteiger charge is 2.45. The van der Waals surface area contributed by atoms with E-state index in [4.69, 9.17) is 0 Å². The van der Waals surface area contributed by atoms with Gasteiger partial charge in [-0.2, -0.15) is 13.2 Å². The van der Waals surface area contributed by atoms with Gasteiger partial charge in [0, 0.05) is 31.6 Å². The summed E-state index contributed by atoms with van der Waals surface area (Å²) in [5.74, 6) is 0.913. The van der Waals surface area contributed by atoms with Gasteiger partial charge in [-0.25, -0.2) is 0 Å². The smallest absolute Gasteiger partial charge is 0.341 e. The Bertz CT molecular complexity index is 1190. The molecule has 190 valence electrons. The second kappa shape index (κ2) is 10.0. The highest BCUT2D eigenvalue weighted by molar-refractivity contribution is 6.05. The number of alkyl halides is 3. The average Bonchev–Trinajstić information content (AvgIpc) is 3.16. The van der Waals surface area contributed by atoms with Crippen LogP contribution in [0, 0.1) is 11.8 Å². The van der Waals surface area contributed by atoms with Crippen molar-refractivity contribution in [3.8, 4) is 11.8 Å². The molecule has 36 heavy (non-hydrogen) atoms. The lowest BCUT2D eigenvalue weighted by Crippen LogP contribution is -2.52. The summed E-state index contributed by atoms with van der Waals surface area (Å²) in [5, 5.41) is 4.80. The SMILES string of the molecule is O=C(C#CC1CCCCN1C(=O)C(F)(F)F)NCc1ccc2c(c1)CN(C1CCC(=O)NC1=O)C2=O. The molecule has 1 aromatic rings. The number of likely N-dealkylation sites (tertiary alicyclic amines) is 1. The Labute approximate surface area is 204 Å². The van der Waals surface area contributed by atoms with Crippen molar-refractivity contribution in [1.29, 1.82) is 0 Å². The molecule has 0 saturated carbocycles. The normalized spacial score (nSPS) is 21.9. The first-order valence-corrected chi connectivity index (χ1v) is 11.5. The van der Waals surface area contributed by atoms with Crippen LogP contribution in [0.2, 0.25) is 0 Å². The van der Waals surface area contributed by atoms with Crippen molar-refractivity contribution in [2.24, 2.45) is 0 Å². The van der Waals surface area contributed by atoms with Gasteiger partial charge in [-0.3, -0.25) is 29.3 Å². The Balaban J connectivity index is 1.36. The van der Waals surface area contributed by atoms with Gasteiger partial charge in [0.1, 0.15) is 6.04 Å². The van der Waals surface area contributed by atoms with Crippen LogP contribution in [0.5, 0.6) is 0 Å². The summed E-state index contributed by atoms with van der Waals surface area (Å²) >= 11 is 0. The Kier molecular flexibility index (Phi) is 7.01. The lowest BCUT2D eigenvalue weighted by molar-refractivity contribution is -0.187. The lowest BCUT2D eigenvalue weighted by Gasteiger charge is -2.32. The molecule has 4 rings (SSSR count). The minimum absolute atomic E-state index is 0.0588. The van der Waals surface area contributed by atoms with Gasteiger partial charge in [-0.15, -0.1) is 0 Å². The predicted molar refractivity (Wildman–Crippen MR) is 118 cm³/mol. The Morgan fingerprint density at radius 3 is 2.64 bits per heavy atom.